The third-order valence-electron chi connectivity index (χ3n) is 3.07. The van der Waals surface area contributed by atoms with Gasteiger partial charge in [-0.25, -0.2) is 0 Å². The monoisotopic (exact) mass is 335 g/mol. The lowest BCUT2D eigenvalue weighted by Crippen LogP contribution is -2.33. The van der Waals surface area contributed by atoms with Gasteiger partial charge in [0, 0.05) is 12.7 Å². The number of rotatable bonds is 6. The molecule has 2 rings (SSSR count). The summed E-state index contributed by atoms with van der Waals surface area (Å²) >= 11 is 3.34. The van der Waals surface area contributed by atoms with Crippen LogP contribution < -0.4 is 5.32 Å². The van der Waals surface area contributed by atoms with Gasteiger partial charge in [0.05, 0.1) is 23.1 Å². The van der Waals surface area contributed by atoms with Gasteiger partial charge in [0.15, 0.2) is 0 Å². The predicted octanol–water partition coefficient (Wildman–Crippen LogP) is 2.64. The summed E-state index contributed by atoms with van der Waals surface area (Å²) in [6, 6.07) is 10.1. The lowest BCUT2D eigenvalue weighted by atomic mass is 10.1. The number of carbonyl (C=O) groups excluding carboxylic acids is 1. The van der Waals surface area contributed by atoms with Crippen molar-refractivity contribution in [3.8, 4) is 0 Å². The summed E-state index contributed by atoms with van der Waals surface area (Å²) in [6.07, 6.45) is 4.44. The number of carbonyl (C=O) groups is 1. The molecule has 1 aromatic heterocycles. The molecule has 1 aromatic carbocycles. The fraction of sp³-hybridized carbons (Fsp3) is 0.333. The highest BCUT2D eigenvalue weighted by molar-refractivity contribution is 9.10. The van der Waals surface area contributed by atoms with Gasteiger partial charge in [0.25, 0.3) is 0 Å². The molecule has 1 N–H and O–H groups in total. The van der Waals surface area contributed by atoms with Crippen LogP contribution in [-0.2, 0) is 17.8 Å². The molecule has 20 heavy (non-hydrogen) atoms. The van der Waals surface area contributed by atoms with Crippen molar-refractivity contribution in [3.05, 3.63) is 52.8 Å². The third-order valence-corrected chi connectivity index (χ3v) is 3.48. The van der Waals surface area contributed by atoms with E-state index in [-0.39, 0.29) is 11.8 Å². The van der Waals surface area contributed by atoms with Crippen LogP contribution in [0, 0.1) is 5.92 Å². The summed E-state index contributed by atoms with van der Waals surface area (Å²) < 4.78 is 2.69. The molecule has 106 valence electrons. The molecule has 0 aliphatic carbocycles. The molecule has 0 radical (unpaired) electrons. The summed E-state index contributed by atoms with van der Waals surface area (Å²) in [5, 5.41) is 7.12. The number of hydrogen-bond donors (Lipinski definition) is 1. The average molecular weight is 336 g/mol. The number of nitrogens with one attached hydrogen (secondary N) is 1. The summed E-state index contributed by atoms with van der Waals surface area (Å²) in [7, 11) is 0. The maximum atomic E-state index is 12.0. The molecule has 1 amide bonds. The van der Waals surface area contributed by atoms with E-state index < -0.39 is 0 Å². The van der Waals surface area contributed by atoms with Gasteiger partial charge in [0.2, 0.25) is 5.91 Å². The van der Waals surface area contributed by atoms with Crippen molar-refractivity contribution in [3.63, 3.8) is 0 Å². The van der Waals surface area contributed by atoms with Crippen LogP contribution in [0.4, 0.5) is 0 Å². The molecule has 0 saturated carbocycles. The largest absolute Gasteiger partial charge is 0.355 e. The highest BCUT2D eigenvalue weighted by Gasteiger charge is 2.13. The number of hydrogen-bond acceptors (Lipinski definition) is 2. The molecule has 2 aromatic rings. The highest BCUT2D eigenvalue weighted by Crippen LogP contribution is 2.08. The lowest BCUT2D eigenvalue weighted by molar-refractivity contribution is -0.124. The van der Waals surface area contributed by atoms with Gasteiger partial charge in [-0.1, -0.05) is 37.3 Å². The van der Waals surface area contributed by atoms with Crippen molar-refractivity contribution in [2.45, 2.75) is 19.9 Å². The van der Waals surface area contributed by atoms with Crippen LogP contribution in [0.5, 0.6) is 0 Å². The number of benzene rings is 1. The molecule has 0 saturated heterocycles. The Morgan fingerprint density at radius 2 is 2.15 bits per heavy atom. The second-order valence-corrected chi connectivity index (χ2v) is 5.72. The predicted molar refractivity (Wildman–Crippen MR) is 82.2 cm³/mol. The minimum absolute atomic E-state index is 0.0625. The number of aromatic nitrogens is 2. The van der Waals surface area contributed by atoms with Crippen LogP contribution in [0.3, 0.4) is 0 Å². The van der Waals surface area contributed by atoms with Gasteiger partial charge in [-0.05, 0) is 27.9 Å². The Hall–Kier alpha value is -1.62. The normalized spacial score (nSPS) is 12.1. The van der Waals surface area contributed by atoms with Gasteiger partial charge in [0.1, 0.15) is 0 Å². The lowest BCUT2D eigenvalue weighted by Gasteiger charge is -2.12. The fourth-order valence-electron chi connectivity index (χ4n) is 1.95. The Labute approximate surface area is 127 Å². The zero-order valence-electron chi connectivity index (χ0n) is 11.4. The van der Waals surface area contributed by atoms with E-state index >= 15 is 0 Å². The molecule has 0 aliphatic heterocycles. The van der Waals surface area contributed by atoms with Crippen LogP contribution in [0.25, 0.3) is 0 Å². The maximum Gasteiger partial charge on any atom is 0.224 e. The zero-order valence-corrected chi connectivity index (χ0v) is 13.0. The Balaban J connectivity index is 1.74. The van der Waals surface area contributed by atoms with Crippen LogP contribution in [0.1, 0.15) is 12.5 Å². The summed E-state index contributed by atoms with van der Waals surface area (Å²) in [5.41, 5.74) is 1.23. The van der Waals surface area contributed by atoms with Crippen molar-refractivity contribution in [2.24, 2.45) is 5.92 Å². The van der Waals surface area contributed by atoms with Crippen LogP contribution in [-0.4, -0.2) is 22.2 Å². The Bertz CT molecular complexity index is 553. The first-order chi connectivity index (χ1) is 9.65. The van der Waals surface area contributed by atoms with E-state index in [0.29, 0.717) is 13.1 Å². The molecule has 0 aliphatic rings. The van der Waals surface area contributed by atoms with E-state index in [4.69, 9.17) is 0 Å². The standard InChI is InChI=1S/C15H18BrN3O/c1-12(10-19-11-14(16)9-18-19)15(20)17-8-7-13-5-3-2-4-6-13/h2-6,9,11-12H,7-8,10H2,1H3,(H,17,20)/t12-/m0/s1. The molecular weight excluding hydrogens is 318 g/mol. The first-order valence-electron chi connectivity index (χ1n) is 6.65. The van der Waals surface area contributed by atoms with Crippen molar-refractivity contribution in [2.75, 3.05) is 6.54 Å². The average Bonchev–Trinajstić information content (AvgIpc) is 2.85. The molecule has 5 heteroatoms. The SMILES string of the molecule is C[C@@H](Cn1cc(Br)cn1)C(=O)NCCc1ccccc1. The van der Waals surface area contributed by atoms with E-state index in [1.807, 2.05) is 31.3 Å². The Morgan fingerprint density at radius 1 is 1.40 bits per heavy atom. The zero-order chi connectivity index (χ0) is 14.4. The molecule has 0 unspecified atom stereocenters. The van der Waals surface area contributed by atoms with Gasteiger partial charge >= 0.3 is 0 Å². The van der Waals surface area contributed by atoms with E-state index in [1.165, 1.54) is 5.56 Å². The Morgan fingerprint density at radius 3 is 2.80 bits per heavy atom. The van der Waals surface area contributed by atoms with E-state index in [9.17, 15) is 4.79 Å². The van der Waals surface area contributed by atoms with Gasteiger partial charge in [-0.2, -0.15) is 5.10 Å². The number of nitrogens with zero attached hydrogens (tertiary/aromatic N) is 2. The number of halogens is 1. The molecule has 1 heterocycles. The summed E-state index contributed by atoms with van der Waals surface area (Å²) in [4.78, 5) is 12.0. The smallest absolute Gasteiger partial charge is 0.224 e. The Kier molecular flexibility index (Phi) is 5.35. The van der Waals surface area contributed by atoms with E-state index in [2.05, 4.69) is 38.5 Å². The fourth-order valence-corrected chi connectivity index (χ4v) is 2.28. The van der Waals surface area contributed by atoms with Gasteiger partial charge in [-0.3, -0.25) is 9.48 Å². The van der Waals surface area contributed by atoms with Crippen molar-refractivity contribution in [1.29, 1.82) is 0 Å². The van der Waals surface area contributed by atoms with Crippen LogP contribution in [0.2, 0.25) is 0 Å². The summed E-state index contributed by atoms with van der Waals surface area (Å²) in [5.74, 6) is -0.0369. The molecule has 4 nitrogen and oxygen atoms in total. The van der Waals surface area contributed by atoms with Crippen molar-refractivity contribution in [1.82, 2.24) is 15.1 Å². The van der Waals surface area contributed by atoms with E-state index in [0.717, 1.165) is 10.9 Å². The first-order valence-corrected chi connectivity index (χ1v) is 7.44. The topological polar surface area (TPSA) is 46.9 Å². The summed E-state index contributed by atoms with van der Waals surface area (Å²) in [6.45, 7) is 3.16. The molecule has 0 fully saturated rings. The molecule has 0 spiro atoms. The van der Waals surface area contributed by atoms with Crippen molar-refractivity contribution < 1.29 is 4.79 Å². The van der Waals surface area contributed by atoms with Gasteiger partial charge in [-0.15, -0.1) is 0 Å². The second-order valence-electron chi connectivity index (χ2n) is 4.81. The minimum atomic E-state index is -0.0995. The van der Waals surface area contributed by atoms with Crippen LogP contribution in [0.15, 0.2) is 47.2 Å². The molecule has 0 bridgehead atoms. The van der Waals surface area contributed by atoms with Crippen molar-refractivity contribution >= 4 is 21.8 Å². The molecular formula is C15H18BrN3O. The number of amides is 1. The maximum absolute atomic E-state index is 12.0. The van der Waals surface area contributed by atoms with Crippen LogP contribution >= 0.6 is 15.9 Å². The highest BCUT2D eigenvalue weighted by atomic mass is 79.9. The second kappa shape index (κ2) is 7.24. The third kappa shape index (κ3) is 4.49. The first kappa shape index (κ1) is 14.8. The van der Waals surface area contributed by atoms with E-state index in [1.54, 1.807) is 10.9 Å². The minimum Gasteiger partial charge on any atom is -0.355 e. The quantitative estimate of drug-likeness (QED) is 0.882. The molecule has 1 atom stereocenters. The van der Waals surface area contributed by atoms with Gasteiger partial charge < -0.3 is 5.32 Å².